The second-order valence-corrected chi connectivity index (χ2v) is 7.93. The van der Waals surface area contributed by atoms with E-state index in [0.717, 1.165) is 12.0 Å². The summed E-state index contributed by atoms with van der Waals surface area (Å²) in [6.07, 6.45) is 4.73. The van der Waals surface area contributed by atoms with E-state index in [0.29, 0.717) is 42.7 Å². The molecule has 3 heterocycles. The van der Waals surface area contributed by atoms with Gasteiger partial charge in [0.25, 0.3) is 5.88 Å². The van der Waals surface area contributed by atoms with Crippen LogP contribution in [0.5, 0.6) is 0 Å². The molecule has 0 amide bonds. The molecule has 0 aromatic carbocycles. The Kier molecular flexibility index (Phi) is 6.17. The molecule has 1 unspecified atom stereocenters. The topological polar surface area (TPSA) is 99.3 Å². The van der Waals surface area contributed by atoms with Crippen molar-refractivity contribution in [3.8, 4) is 0 Å². The fourth-order valence-corrected chi connectivity index (χ4v) is 3.72. The van der Waals surface area contributed by atoms with Crippen LogP contribution in [-0.2, 0) is 19.7 Å². The Morgan fingerprint density at radius 3 is 2.67 bits per heavy atom. The van der Waals surface area contributed by atoms with Crippen molar-refractivity contribution >= 4 is 11.7 Å². The van der Waals surface area contributed by atoms with Crippen molar-refractivity contribution < 1.29 is 24.1 Å². The Balaban J connectivity index is 2.14. The summed E-state index contributed by atoms with van der Waals surface area (Å²) >= 11 is 0. The zero-order chi connectivity index (χ0) is 22.1. The van der Waals surface area contributed by atoms with Crippen molar-refractivity contribution in [1.82, 2.24) is 4.57 Å². The van der Waals surface area contributed by atoms with Crippen molar-refractivity contribution in [3.05, 3.63) is 57.0 Å². The molecule has 162 valence electrons. The van der Waals surface area contributed by atoms with E-state index in [1.807, 2.05) is 11.5 Å². The first-order valence-corrected chi connectivity index (χ1v) is 9.93. The van der Waals surface area contributed by atoms with E-state index in [2.05, 4.69) is 24.9 Å². The van der Waals surface area contributed by atoms with Gasteiger partial charge < -0.3 is 23.9 Å². The van der Waals surface area contributed by atoms with Crippen LogP contribution in [-0.4, -0.2) is 48.8 Å². The average molecular weight is 416 g/mol. The average Bonchev–Trinajstić information content (AvgIpc) is 2.70. The van der Waals surface area contributed by atoms with E-state index in [9.17, 15) is 14.7 Å². The highest BCUT2D eigenvalue weighted by Gasteiger charge is 2.39. The van der Waals surface area contributed by atoms with Gasteiger partial charge in [0.15, 0.2) is 11.2 Å². The van der Waals surface area contributed by atoms with Gasteiger partial charge in [0.05, 0.1) is 30.7 Å². The van der Waals surface area contributed by atoms with Crippen molar-refractivity contribution in [1.29, 1.82) is 0 Å². The lowest BCUT2D eigenvalue weighted by molar-refractivity contribution is 0.0693. The van der Waals surface area contributed by atoms with Crippen LogP contribution in [0.15, 0.2) is 45.3 Å². The number of aliphatic imine (C=N–C) groups is 1. The van der Waals surface area contributed by atoms with E-state index in [-0.39, 0.29) is 11.5 Å². The lowest BCUT2D eigenvalue weighted by Crippen LogP contribution is -2.43. The minimum atomic E-state index is -1.24. The highest BCUT2D eigenvalue weighted by molar-refractivity contribution is 6.14. The molecule has 0 fully saturated rings. The predicted molar refractivity (Wildman–Crippen MR) is 112 cm³/mol. The molecule has 0 saturated heterocycles. The third kappa shape index (κ3) is 3.79. The molecule has 1 atom stereocenters. The first-order valence-electron chi connectivity index (χ1n) is 9.93. The Morgan fingerprint density at radius 2 is 2.07 bits per heavy atom. The normalized spacial score (nSPS) is 20.3. The first kappa shape index (κ1) is 21.8. The Morgan fingerprint density at radius 1 is 1.33 bits per heavy atom. The number of carboxylic acids is 1. The number of nitrogens with zero attached hydrogens (tertiary/aromatic N) is 2. The largest absolute Gasteiger partial charge is 0.492 e. The maximum absolute atomic E-state index is 12.5. The van der Waals surface area contributed by atoms with Crippen LogP contribution in [0.25, 0.3) is 0 Å². The van der Waals surface area contributed by atoms with Crippen LogP contribution >= 0.6 is 0 Å². The molecular weight excluding hydrogens is 388 g/mol. The van der Waals surface area contributed by atoms with E-state index in [1.165, 1.54) is 19.4 Å². The van der Waals surface area contributed by atoms with Gasteiger partial charge in [-0.25, -0.2) is 9.79 Å². The summed E-state index contributed by atoms with van der Waals surface area (Å²) in [6.45, 7) is 7.22. The third-order valence-corrected chi connectivity index (χ3v) is 5.75. The van der Waals surface area contributed by atoms with E-state index in [4.69, 9.17) is 14.2 Å². The van der Waals surface area contributed by atoms with Gasteiger partial charge in [0.1, 0.15) is 5.56 Å². The number of hydrogen-bond acceptors (Lipinski definition) is 6. The summed E-state index contributed by atoms with van der Waals surface area (Å²) < 4.78 is 18.2. The second kappa shape index (κ2) is 8.47. The molecule has 8 nitrogen and oxygen atoms in total. The Hall–Kier alpha value is -2.87. The molecule has 1 aromatic rings. The van der Waals surface area contributed by atoms with Gasteiger partial charge in [-0.05, 0) is 18.4 Å². The van der Waals surface area contributed by atoms with Crippen LogP contribution in [0, 0.1) is 5.92 Å². The maximum Gasteiger partial charge on any atom is 0.341 e. The standard InChI is InChI=1S/C22H28N2O6/c1-13(2)22(3)11-14-9-18(30-8-6-7-28-4)20(29-5)23-19(14)16-10-17(25)15(21(26)27)12-24(16)22/h10-13H,6-9H2,1-5H3,(H,26,27). The number of carbonyl (C=O) groups is 1. The zero-order valence-electron chi connectivity index (χ0n) is 18.0. The molecule has 0 bridgehead atoms. The van der Waals surface area contributed by atoms with Crippen molar-refractivity contribution in [3.63, 3.8) is 0 Å². The number of rotatable bonds is 8. The van der Waals surface area contributed by atoms with E-state index >= 15 is 0 Å². The molecule has 8 heteroatoms. The molecule has 0 saturated carbocycles. The molecule has 0 radical (unpaired) electrons. The molecular formula is C22H28N2O6. The van der Waals surface area contributed by atoms with Crippen LogP contribution < -0.4 is 5.43 Å². The van der Waals surface area contributed by atoms with Gasteiger partial charge in [-0.15, -0.1) is 0 Å². The highest BCUT2D eigenvalue weighted by atomic mass is 16.5. The predicted octanol–water partition coefficient (Wildman–Crippen LogP) is 2.92. The summed E-state index contributed by atoms with van der Waals surface area (Å²) in [7, 11) is 3.17. The number of methoxy groups -OCH3 is 2. The zero-order valence-corrected chi connectivity index (χ0v) is 18.0. The summed E-state index contributed by atoms with van der Waals surface area (Å²) in [5, 5.41) is 9.43. The fourth-order valence-electron chi connectivity index (χ4n) is 3.72. The summed E-state index contributed by atoms with van der Waals surface area (Å²) in [6, 6.07) is 1.35. The summed E-state index contributed by atoms with van der Waals surface area (Å²) in [5.74, 6) is -0.124. The molecule has 0 spiro atoms. The van der Waals surface area contributed by atoms with Crippen molar-refractivity contribution in [2.24, 2.45) is 10.9 Å². The SMILES string of the molecule is COCCCOC1=C(OC)N=C2C(=CC(C)(C(C)C)n3cc(C(=O)O)c(=O)cc32)C1. The molecule has 30 heavy (non-hydrogen) atoms. The lowest BCUT2D eigenvalue weighted by atomic mass is 9.80. The molecule has 1 N–H and O–H groups in total. The number of aromatic nitrogens is 1. The van der Waals surface area contributed by atoms with Crippen LogP contribution in [0.2, 0.25) is 0 Å². The van der Waals surface area contributed by atoms with Crippen LogP contribution in [0.3, 0.4) is 0 Å². The minimum absolute atomic E-state index is 0.133. The van der Waals surface area contributed by atoms with Crippen molar-refractivity contribution in [2.45, 2.75) is 39.2 Å². The number of hydrogen-bond donors (Lipinski definition) is 1. The molecule has 1 aromatic heterocycles. The summed E-state index contributed by atoms with van der Waals surface area (Å²) in [4.78, 5) is 28.6. The Labute approximate surface area is 175 Å². The molecule has 2 aliphatic heterocycles. The van der Waals surface area contributed by atoms with Crippen molar-refractivity contribution in [2.75, 3.05) is 27.4 Å². The van der Waals surface area contributed by atoms with Gasteiger partial charge in [-0.2, -0.15) is 0 Å². The summed E-state index contributed by atoms with van der Waals surface area (Å²) in [5.41, 5.74) is 0.760. The minimum Gasteiger partial charge on any atom is -0.492 e. The van der Waals surface area contributed by atoms with E-state index < -0.39 is 16.9 Å². The van der Waals surface area contributed by atoms with Crippen LogP contribution in [0.1, 0.15) is 49.7 Å². The number of ether oxygens (including phenoxy) is 3. The number of allylic oxidation sites excluding steroid dienone is 2. The van der Waals surface area contributed by atoms with Gasteiger partial charge in [-0.1, -0.05) is 19.9 Å². The van der Waals surface area contributed by atoms with Gasteiger partial charge in [0, 0.05) is 38.8 Å². The molecule has 2 aliphatic rings. The van der Waals surface area contributed by atoms with Gasteiger partial charge in [0.2, 0.25) is 0 Å². The molecule has 3 rings (SSSR count). The lowest BCUT2D eigenvalue weighted by Gasteiger charge is -2.41. The van der Waals surface area contributed by atoms with E-state index in [1.54, 1.807) is 7.11 Å². The van der Waals surface area contributed by atoms with Gasteiger partial charge >= 0.3 is 5.97 Å². The highest BCUT2D eigenvalue weighted by Crippen LogP contribution is 2.39. The molecule has 0 aliphatic carbocycles. The quantitative estimate of drug-likeness (QED) is 0.654. The Bertz CT molecular complexity index is 1000. The monoisotopic (exact) mass is 416 g/mol. The maximum atomic E-state index is 12.5. The van der Waals surface area contributed by atoms with Gasteiger partial charge in [-0.3, -0.25) is 4.79 Å². The number of carboxylic acid groups (broad SMARTS) is 1. The number of pyridine rings is 1. The third-order valence-electron chi connectivity index (χ3n) is 5.75. The first-order chi connectivity index (χ1) is 14.2. The fraction of sp³-hybridized carbons (Fsp3) is 0.500. The number of aromatic carboxylic acids is 1. The number of fused-ring (bicyclic) bond motifs is 3. The smallest absolute Gasteiger partial charge is 0.341 e. The second-order valence-electron chi connectivity index (χ2n) is 7.93. The van der Waals surface area contributed by atoms with Crippen LogP contribution in [0.4, 0.5) is 0 Å².